The van der Waals surface area contributed by atoms with E-state index in [9.17, 15) is 13.2 Å². The van der Waals surface area contributed by atoms with Gasteiger partial charge in [-0.15, -0.1) is 0 Å². The summed E-state index contributed by atoms with van der Waals surface area (Å²) in [6, 6.07) is 5.32. The fourth-order valence-corrected chi connectivity index (χ4v) is 7.56. The van der Waals surface area contributed by atoms with E-state index in [4.69, 9.17) is 11.6 Å². The summed E-state index contributed by atoms with van der Waals surface area (Å²) in [7, 11) is -1.59. The molecule has 32 heavy (non-hydrogen) atoms. The summed E-state index contributed by atoms with van der Waals surface area (Å²) in [6.07, 6.45) is 4.34. The molecule has 176 valence electrons. The fraction of sp³-hybridized carbons (Fsp3) is 0.682. The minimum Gasteiger partial charge on any atom is -0.367 e. The highest BCUT2D eigenvalue weighted by Crippen LogP contribution is 2.36. The molecular weight excluding hydrogens is 450 g/mol. The van der Waals surface area contributed by atoms with Crippen LogP contribution in [-0.4, -0.2) is 88.1 Å². The maximum Gasteiger partial charge on any atom is 0.242 e. The molecule has 2 N–H and O–H groups in total. The van der Waals surface area contributed by atoms with Crippen LogP contribution < -0.4 is 14.9 Å². The Morgan fingerprint density at radius 1 is 1.16 bits per heavy atom. The van der Waals surface area contributed by atoms with Crippen LogP contribution in [0.2, 0.25) is 5.02 Å². The smallest absolute Gasteiger partial charge is 0.242 e. The highest BCUT2D eigenvalue weighted by molar-refractivity contribution is 7.89. The molecule has 1 saturated carbocycles. The van der Waals surface area contributed by atoms with E-state index >= 15 is 0 Å². The summed E-state index contributed by atoms with van der Waals surface area (Å²) < 4.78 is 29.4. The predicted molar refractivity (Wildman–Crippen MR) is 125 cm³/mol. The fourth-order valence-electron chi connectivity index (χ4n) is 5.71. The van der Waals surface area contributed by atoms with Crippen LogP contribution in [0, 0.1) is 0 Å². The molecule has 0 radical (unpaired) electrons. The molecule has 1 aromatic rings. The number of anilines is 1. The van der Waals surface area contributed by atoms with Crippen molar-refractivity contribution in [3.63, 3.8) is 0 Å². The molecule has 3 heterocycles. The van der Waals surface area contributed by atoms with E-state index in [2.05, 4.69) is 31.8 Å². The zero-order valence-electron chi connectivity index (χ0n) is 18.5. The monoisotopic (exact) mass is 481 g/mol. The van der Waals surface area contributed by atoms with Gasteiger partial charge in [0.15, 0.2) is 0 Å². The molecule has 0 unspecified atom stereocenters. The first-order valence-electron chi connectivity index (χ1n) is 11.6. The number of sulfonamides is 1. The van der Waals surface area contributed by atoms with Gasteiger partial charge in [0.2, 0.25) is 15.9 Å². The molecule has 3 aliphatic heterocycles. The maximum atomic E-state index is 13.2. The first-order valence-corrected chi connectivity index (χ1v) is 13.4. The van der Waals surface area contributed by atoms with E-state index in [0.717, 1.165) is 70.6 Å². The lowest BCUT2D eigenvalue weighted by Crippen LogP contribution is -2.67. The molecule has 4 aliphatic rings. The van der Waals surface area contributed by atoms with E-state index in [1.807, 2.05) is 6.07 Å². The number of hydrogen-bond acceptors (Lipinski definition) is 6. The predicted octanol–water partition coefficient (Wildman–Crippen LogP) is 1.26. The van der Waals surface area contributed by atoms with Crippen LogP contribution in [0.4, 0.5) is 5.69 Å². The van der Waals surface area contributed by atoms with E-state index in [1.54, 1.807) is 12.1 Å². The molecule has 2 atom stereocenters. The molecule has 3 saturated heterocycles. The summed E-state index contributed by atoms with van der Waals surface area (Å²) in [5, 5.41) is 3.30. The molecule has 1 spiro atoms. The number of hydrogen-bond donors (Lipinski definition) is 2. The van der Waals surface area contributed by atoms with Crippen LogP contribution in [0.25, 0.3) is 0 Å². The summed E-state index contributed by atoms with van der Waals surface area (Å²) in [5.41, 5.74) is 0.758. The number of benzene rings is 1. The van der Waals surface area contributed by atoms with Gasteiger partial charge in [0.1, 0.15) is 4.90 Å². The number of rotatable bonds is 5. The lowest BCUT2D eigenvalue weighted by molar-refractivity contribution is -0.119. The van der Waals surface area contributed by atoms with Gasteiger partial charge < -0.3 is 15.1 Å². The van der Waals surface area contributed by atoms with Crippen molar-refractivity contribution in [3.05, 3.63) is 23.2 Å². The Kier molecular flexibility index (Phi) is 5.90. The Morgan fingerprint density at radius 2 is 1.91 bits per heavy atom. The van der Waals surface area contributed by atoms with E-state index in [-0.39, 0.29) is 33.4 Å². The van der Waals surface area contributed by atoms with Crippen molar-refractivity contribution >= 4 is 33.2 Å². The average molecular weight is 482 g/mol. The highest BCUT2D eigenvalue weighted by atomic mass is 35.5. The quantitative estimate of drug-likeness (QED) is 0.658. The molecule has 10 heteroatoms. The van der Waals surface area contributed by atoms with E-state index in [0.29, 0.717) is 6.42 Å². The molecule has 0 aromatic heterocycles. The zero-order valence-corrected chi connectivity index (χ0v) is 20.1. The standard InChI is InChI=1S/C22H32ClN5O3S/c1-26-9-11-27(12-10-26)19-4-2-3-18(19)25-32(30,31)20-6-5-16(13-17(20)23)28-14-22(15-28)8-7-21(29)24-22/h5-6,13,18-19,25H,2-4,7-12,14-15H2,1H3,(H,24,29)/t18-,19-/m1/s1. The minimum atomic E-state index is -3.71. The van der Waals surface area contributed by atoms with E-state index in [1.165, 1.54) is 0 Å². The van der Waals surface area contributed by atoms with Crippen molar-refractivity contribution in [1.82, 2.24) is 19.8 Å². The number of nitrogens with one attached hydrogen (secondary N) is 2. The van der Waals surface area contributed by atoms with E-state index < -0.39 is 10.0 Å². The van der Waals surface area contributed by atoms with Crippen molar-refractivity contribution in [2.45, 2.75) is 54.6 Å². The lowest BCUT2D eigenvalue weighted by atomic mass is 9.88. The molecule has 0 bridgehead atoms. The topological polar surface area (TPSA) is 85.0 Å². The first kappa shape index (κ1) is 22.4. The molecule has 4 fully saturated rings. The number of nitrogens with zero attached hydrogens (tertiary/aromatic N) is 3. The summed E-state index contributed by atoms with van der Waals surface area (Å²) in [4.78, 5) is 18.6. The Hall–Kier alpha value is -1.39. The second-order valence-corrected chi connectivity index (χ2v) is 12.0. The van der Waals surface area contributed by atoms with Gasteiger partial charge in [-0.2, -0.15) is 0 Å². The highest BCUT2D eigenvalue weighted by Gasteiger charge is 2.47. The molecule has 1 aliphatic carbocycles. The van der Waals surface area contributed by atoms with Crippen LogP contribution in [0.1, 0.15) is 32.1 Å². The van der Waals surface area contributed by atoms with Gasteiger partial charge in [0.25, 0.3) is 0 Å². The second-order valence-electron chi connectivity index (χ2n) is 9.86. The summed E-state index contributed by atoms with van der Waals surface area (Å²) in [6.45, 7) is 5.46. The summed E-state index contributed by atoms with van der Waals surface area (Å²) in [5.74, 6) is 0.108. The van der Waals surface area contributed by atoms with Crippen LogP contribution in [0.5, 0.6) is 0 Å². The normalized spacial score (nSPS) is 28.8. The Balaban J connectivity index is 1.25. The van der Waals surface area contributed by atoms with Crippen LogP contribution >= 0.6 is 11.6 Å². The number of piperazine rings is 1. The SMILES string of the molecule is CN1CCN([C@@H]2CCC[C@H]2NS(=O)(=O)c2ccc(N3CC4(CCC(=O)N4)C3)cc2Cl)CC1. The van der Waals surface area contributed by atoms with Crippen molar-refractivity contribution in [3.8, 4) is 0 Å². The van der Waals surface area contributed by atoms with Crippen LogP contribution in [0.15, 0.2) is 23.1 Å². The van der Waals surface area contributed by atoms with Crippen molar-refractivity contribution < 1.29 is 13.2 Å². The van der Waals surface area contributed by atoms with Gasteiger partial charge in [-0.3, -0.25) is 9.69 Å². The molecule has 5 rings (SSSR count). The molecule has 1 amide bonds. The molecule has 8 nitrogen and oxygen atoms in total. The third-order valence-electron chi connectivity index (χ3n) is 7.59. The number of halogens is 1. The van der Waals surface area contributed by atoms with Crippen LogP contribution in [0.3, 0.4) is 0 Å². The zero-order chi connectivity index (χ0) is 22.5. The third kappa shape index (κ3) is 4.25. The molecule has 1 aromatic carbocycles. The Labute approximate surface area is 195 Å². The lowest BCUT2D eigenvalue weighted by Gasteiger charge is -2.49. The van der Waals surface area contributed by atoms with Gasteiger partial charge in [0.05, 0.1) is 10.6 Å². The van der Waals surface area contributed by atoms with Crippen molar-refractivity contribution in [2.75, 3.05) is 51.2 Å². The molecular formula is C22H32ClN5O3S. The third-order valence-corrected chi connectivity index (χ3v) is 9.56. The van der Waals surface area contributed by atoms with Gasteiger partial charge in [-0.25, -0.2) is 13.1 Å². The number of amides is 1. The minimum absolute atomic E-state index is 0.0830. The largest absolute Gasteiger partial charge is 0.367 e. The number of carbonyl (C=O) groups excluding carboxylic acids is 1. The number of likely N-dealkylation sites (N-methyl/N-ethyl adjacent to an activating group) is 1. The second kappa shape index (κ2) is 8.43. The van der Waals surface area contributed by atoms with Gasteiger partial charge in [0, 0.05) is 63.5 Å². The first-order chi connectivity index (χ1) is 15.2. The summed E-state index contributed by atoms with van der Waals surface area (Å²) >= 11 is 6.47. The Morgan fingerprint density at radius 3 is 2.56 bits per heavy atom. The Bertz CT molecular complexity index is 989. The van der Waals surface area contributed by atoms with Crippen molar-refractivity contribution in [2.24, 2.45) is 0 Å². The average Bonchev–Trinajstić information content (AvgIpc) is 3.33. The van der Waals surface area contributed by atoms with Gasteiger partial charge in [-0.05, 0) is 44.5 Å². The van der Waals surface area contributed by atoms with Crippen molar-refractivity contribution in [1.29, 1.82) is 0 Å². The van der Waals surface area contributed by atoms with Gasteiger partial charge in [-0.1, -0.05) is 18.0 Å². The maximum absolute atomic E-state index is 13.2. The number of carbonyl (C=O) groups is 1. The van der Waals surface area contributed by atoms with Gasteiger partial charge >= 0.3 is 0 Å². The van der Waals surface area contributed by atoms with Crippen LogP contribution in [-0.2, 0) is 14.8 Å².